The highest BCUT2D eigenvalue weighted by molar-refractivity contribution is 7.08. The molecule has 0 saturated heterocycles. The van der Waals surface area contributed by atoms with Crippen LogP contribution in [0, 0.1) is 5.82 Å². The third kappa shape index (κ3) is 2.12. The Hall–Kier alpha value is -2.17. The summed E-state index contributed by atoms with van der Waals surface area (Å²) in [5.41, 5.74) is 4.43. The van der Waals surface area contributed by atoms with Gasteiger partial charge in [-0.15, -0.1) is 0 Å². The first-order valence-electron chi connectivity index (χ1n) is 6.68. The molecule has 0 spiro atoms. The summed E-state index contributed by atoms with van der Waals surface area (Å²) in [5, 5.41) is 5.16. The molecule has 108 valence electrons. The fourth-order valence-electron chi connectivity index (χ4n) is 2.52. The zero-order chi connectivity index (χ0) is 15.1. The summed E-state index contributed by atoms with van der Waals surface area (Å²) in [6.07, 6.45) is 3.65. The van der Waals surface area contributed by atoms with Gasteiger partial charge in [0.2, 0.25) is 0 Å². The van der Waals surface area contributed by atoms with Gasteiger partial charge in [-0.3, -0.25) is 0 Å². The van der Waals surface area contributed by atoms with Crippen molar-refractivity contribution in [3.8, 4) is 22.3 Å². The topological polar surface area (TPSA) is 28.7 Å². The van der Waals surface area contributed by atoms with Crippen LogP contribution in [0.15, 0.2) is 53.5 Å². The molecular weight excluding hydrogens is 319 g/mol. The lowest BCUT2D eigenvalue weighted by atomic mass is 10.0. The van der Waals surface area contributed by atoms with Crippen LogP contribution in [0.1, 0.15) is 0 Å². The highest BCUT2D eigenvalue weighted by atomic mass is 35.5. The highest BCUT2D eigenvalue weighted by Gasteiger charge is 2.13. The Morgan fingerprint density at radius 2 is 2.05 bits per heavy atom. The summed E-state index contributed by atoms with van der Waals surface area (Å²) in [7, 11) is 0. The van der Waals surface area contributed by atoms with Gasteiger partial charge in [-0.2, -0.15) is 11.3 Å². The number of pyridine rings is 1. The zero-order valence-corrected chi connectivity index (χ0v) is 12.9. The quantitative estimate of drug-likeness (QED) is 0.498. The molecule has 4 rings (SSSR count). The first kappa shape index (κ1) is 13.5. The molecule has 2 nitrogen and oxygen atoms in total. The Morgan fingerprint density at radius 1 is 1.14 bits per heavy atom. The molecule has 0 aliphatic carbocycles. The van der Waals surface area contributed by atoms with E-state index in [2.05, 4.69) is 27.5 Å². The Kier molecular flexibility index (Phi) is 3.21. The summed E-state index contributed by atoms with van der Waals surface area (Å²) >= 11 is 7.76. The van der Waals surface area contributed by atoms with Crippen molar-refractivity contribution in [3.05, 3.63) is 64.3 Å². The van der Waals surface area contributed by atoms with Crippen molar-refractivity contribution < 1.29 is 4.39 Å². The summed E-state index contributed by atoms with van der Waals surface area (Å²) in [4.78, 5) is 7.56. The second kappa shape index (κ2) is 5.23. The third-order valence-corrected chi connectivity index (χ3v) is 4.69. The van der Waals surface area contributed by atoms with Crippen molar-refractivity contribution >= 4 is 34.0 Å². The van der Waals surface area contributed by atoms with Crippen molar-refractivity contribution in [2.45, 2.75) is 0 Å². The smallest absolute Gasteiger partial charge is 0.142 e. The first-order valence-corrected chi connectivity index (χ1v) is 8.00. The van der Waals surface area contributed by atoms with Gasteiger partial charge in [-0.05, 0) is 34.5 Å². The second-order valence-electron chi connectivity index (χ2n) is 4.94. The molecule has 4 aromatic rings. The standard InChI is InChI=1S/C17H10ClFN2S/c18-16-12(2-1-3-15(16)19)14-8-21-17-13(14)6-11(7-20-17)10-4-5-22-9-10/h1-9H,(H,20,21). The summed E-state index contributed by atoms with van der Waals surface area (Å²) in [5.74, 6) is -0.421. The Labute approximate surface area is 135 Å². The van der Waals surface area contributed by atoms with E-state index in [1.165, 1.54) is 6.07 Å². The van der Waals surface area contributed by atoms with E-state index in [9.17, 15) is 4.39 Å². The van der Waals surface area contributed by atoms with Gasteiger partial charge in [0.05, 0.1) is 5.02 Å². The summed E-state index contributed by atoms with van der Waals surface area (Å²) < 4.78 is 13.7. The maximum Gasteiger partial charge on any atom is 0.142 e. The molecule has 0 aliphatic heterocycles. The molecule has 0 unspecified atom stereocenters. The number of aromatic amines is 1. The van der Waals surface area contributed by atoms with E-state index in [4.69, 9.17) is 11.6 Å². The van der Waals surface area contributed by atoms with E-state index in [1.54, 1.807) is 17.4 Å². The molecule has 22 heavy (non-hydrogen) atoms. The van der Waals surface area contributed by atoms with Crippen LogP contribution in [0.2, 0.25) is 5.02 Å². The predicted molar refractivity (Wildman–Crippen MR) is 89.8 cm³/mol. The maximum atomic E-state index is 13.7. The zero-order valence-electron chi connectivity index (χ0n) is 11.3. The van der Waals surface area contributed by atoms with Crippen LogP contribution in [-0.2, 0) is 0 Å². The molecule has 5 heteroatoms. The lowest BCUT2D eigenvalue weighted by Crippen LogP contribution is -1.84. The van der Waals surface area contributed by atoms with Crippen LogP contribution in [0.5, 0.6) is 0 Å². The monoisotopic (exact) mass is 328 g/mol. The van der Waals surface area contributed by atoms with Gasteiger partial charge in [-0.25, -0.2) is 9.37 Å². The third-order valence-electron chi connectivity index (χ3n) is 3.63. The number of nitrogens with zero attached hydrogens (tertiary/aromatic N) is 1. The van der Waals surface area contributed by atoms with Crippen LogP contribution in [0.4, 0.5) is 4.39 Å². The van der Waals surface area contributed by atoms with E-state index >= 15 is 0 Å². The molecular formula is C17H10ClFN2S. The Morgan fingerprint density at radius 3 is 2.86 bits per heavy atom. The molecule has 3 aromatic heterocycles. The number of aromatic nitrogens is 2. The van der Waals surface area contributed by atoms with Crippen molar-refractivity contribution in [1.82, 2.24) is 9.97 Å². The number of nitrogens with one attached hydrogen (secondary N) is 1. The minimum Gasteiger partial charge on any atom is -0.346 e. The van der Waals surface area contributed by atoms with Gasteiger partial charge < -0.3 is 4.98 Å². The van der Waals surface area contributed by atoms with Crippen molar-refractivity contribution in [3.63, 3.8) is 0 Å². The van der Waals surface area contributed by atoms with Crippen LogP contribution in [0.3, 0.4) is 0 Å². The maximum absolute atomic E-state index is 13.7. The molecule has 0 saturated carbocycles. The van der Waals surface area contributed by atoms with Crippen molar-refractivity contribution in [2.24, 2.45) is 0 Å². The Bertz CT molecular complexity index is 960. The minimum absolute atomic E-state index is 0.129. The fourth-order valence-corrected chi connectivity index (χ4v) is 3.42. The molecule has 1 N–H and O–H groups in total. The summed E-state index contributed by atoms with van der Waals surface area (Å²) in [6, 6.07) is 8.93. The van der Waals surface area contributed by atoms with Crippen LogP contribution < -0.4 is 0 Å². The molecule has 3 heterocycles. The Balaban J connectivity index is 1.95. The number of hydrogen-bond donors (Lipinski definition) is 1. The second-order valence-corrected chi connectivity index (χ2v) is 6.09. The fraction of sp³-hybridized carbons (Fsp3) is 0. The lowest BCUT2D eigenvalue weighted by molar-refractivity contribution is 0.629. The van der Waals surface area contributed by atoms with Crippen LogP contribution in [0.25, 0.3) is 33.3 Å². The van der Waals surface area contributed by atoms with E-state index in [0.717, 1.165) is 27.7 Å². The number of H-pyrrole nitrogens is 1. The highest BCUT2D eigenvalue weighted by Crippen LogP contribution is 2.36. The van der Waals surface area contributed by atoms with E-state index in [-0.39, 0.29) is 5.02 Å². The van der Waals surface area contributed by atoms with Crippen LogP contribution in [-0.4, -0.2) is 9.97 Å². The largest absolute Gasteiger partial charge is 0.346 e. The predicted octanol–water partition coefficient (Wildman–Crippen LogP) is 5.75. The number of hydrogen-bond acceptors (Lipinski definition) is 2. The van der Waals surface area contributed by atoms with Gasteiger partial charge in [-0.1, -0.05) is 23.7 Å². The van der Waals surface area contributed by atoms with Gasteiger partial charge in [0.15, 0.2) is 0 Å². The van der Waals surface area contributed by atoms with Crippen molar-refractivity contribution in [2.75, 3.05) is 0 Å². The molecule has 1 aromatic carbocycles. The average molecular weight is 329 g/mol. The number of thiophene rings is 1. The van der Waals surface area contributed by atoms with Gasteiger partial charge in [0, 0.05) is 34.5 Å². The SMILES string of the molecule is Fc1cccc(-c2c[nH]c3ncc(-c4ccsc4)cc23)c1Cl. The van der Waals surface area contributed by atoms with Gasteiger partial charge in [0.25, 0.3) is 0 Å². The summed E-state index contributed by atoms with van der Waals surface area (Å²) in [6.45, 7) is 0. The molecule has 0 radical (unpaired) electrons. The number of rotatable bonds is 2. The molecule has 0 atom stereocenters. The number of benzene rings is 1. The minimum atomic E-state index is -0.421. The van der Waals surface area contributed by atoms with Gasteiger partial charge in [0.1, 0.15) is 11.5 Å². The van der Waals surface area contributed by atoms with E-state index < -0.39 is 5.82 Å². The molecule has 0 amide bonds. The number of fused-ring (bicyclic) bond motifs is 1. The van der Waals surface area contributed by atoms with E-state index in [0.29, 0.717) is 5.56 Å². The van der Waals surface area contributed by atoms with E-state index in [1.807, 2.05) is 23.8 Å². The normalized spacial score (nSPS) is 11.2. The first-order chi connectivity index (χ1) is 10.7. The van der Waals surface area contributed by atoms with Crippen molar-refractivity contribution in [1.29, 1.82) is 0 Å². The van der Waals surface area contributed by atoms with Crippen LogP contribution >= 0.6 is 22.9 Å². The molecule has 0 aliphatic rings. The number of halogens is 2. The lowest BCUT2D eigenvalue weighted by Gasteiger charge is -2.04. The average Bonchev–Trinajstić information content (AvgIpc) is 3.18. The van der Waals surface area contributed by atoms with Gasteiger partial charge >= 0.3 is 0 Å². The molecule has 0 fully saturated rings. The molecule has 0 bridgehead atoms.